The lowest BCUT2D eigenvalue weighted by atomic mass is 9.69. The van der Waals surface area contributed by atoms with Crippen molar-refractivity contribution in [2.45, 2.75) is 53.5 Å². The summed E-state index contributed by atoms with van der Waals surface area (Å²) < 4.78 is 0. The molecule has 0 saturated carbocycles. The second-order valence-electron chi connectivity index (χ2n) is 9.31. The minimum atomic E-state index is -0.101. The van der Waals surface area contributed by atoms with Gasteiger partial charge in [-0.2, -0.15) is 0 Å². The number of hydrogen-bond acceptors (Lipinski definition) is 3. The molecule has 0 aromatic rings. The van der Waals surface area contributed by atoms with E-state index in [9.17, 15) is 9.59 Å². The van der Waals surface area contributed by atoms with Gasteiger partial charge in [0.15, 0.2) is 0 Å². The molecule has 0 aromatic carbocycles. The molecular formula is C22H40N4O2. The number of likely N-dealkylation sites (N-methyl/N-ethyl adjacent to an activating group) is 1. The van der Waals surface area contributed by atoms with Crippen LogP contribution in [-0.2, 0) is 4.79 Å². The van der Waals surface area contributed by atoms with Gasteiger partial charge < -0.3 is 20.4 Å². The Morgan fingerprint density at radius 2 is 1.79 bits per heavy atom. The molecule has 1 aliphatic heterocycles. The van der Waals surface area contributed by atoms with E-state index < -0.39 is 0 Å². The van der Waals surface area contributed by atoms with Crippen molar-refractivity contribution in [3.8, 4) is 0 Å². The van der Waals surface area contributed by atoms with E-state index in [1.165, 1.54) is 5.57 Å². The second-order valence-corrected chi connectivity index (χ2v) is 9.31. The minimum Gasteiger partial charge on any atom is -0.340 e. The normalized spacial score (nSPS) is 26.4. The van der Waals surface area contributed by atoms with Crippen LogP contribution in [0.15, 0.2) is 11.6 Å². The topological polar surface area (TPSA) is 64.7 Å². The summed E-state index contributed by atoms with van der Waals surface area (Å²) in [5.74, 6) is 1.94. The summed E-state index contributed by atoms with van der Waals surface area (Å²) in [6.07, 6.45) is 3.95. The highest BCUT2D eigenvalue weighted by molar-refractivity contribution is 5.77. The van der Waals surface area contributed by atoms with Crippen LogP contribution in [-0.4, -0.2) is 67.6 Å². The van der Waals surface area contributed by atoms with Crippen molar-refractivity contribution >= 4 is 11.9 Å². The number of carbonyl (C=O) groups excluding carboxylic acids is 2. The van der Waals surface area contributed by atoms with Crippen LogP contribution in [0.1, 0.15) is 47.5 Å². The van der Waals surface area contributed by atoms with E-state index >= 15 is 0 Å². The van der Waals surface area contributed by atoms with E-state index in [2.05, 4.69) is 49.4 Å². The van der Waals surface area contributed by atoms with E-state index in [1.807, 2.05) is 18.7 Å². The Kier molecular flexibility index (Phi) is 8.35. The summed E-state index contributed by atoms with van der Waals surface area (Å²) >= 11 is 0. The summed E-state index contributed by atoms with van der Waals surface area (Å²) in [6, 6.07) is 0.0328. The molecule has 0 aromatic heterocycles. The standard InChI is InChI=1S/C22H40N4O2/c1-15(2)20-12-18(13-21(27)26-9-7-25(6)8-10-26)17(5)11-19(20)14-23-22(28)24-16(3)4/h11,15-16,18-20H,7-10,12-14H2,1-6H3,(H2,23,24,28)/t18-,19-,20-/m0/s1. The molecule has 2 rings (SSSR count). The third kappa shape index (κ3) is 6.50. The molecule has 3 atom stereocenters. The first-order valence-corrected chi connectivity index (χ1v) is 10.9. The molecule has 0 bridgehead atoms. The predicted molar refractivity (Wildman–Crippen MR) is 114 cm³/mol. The average Bonchev–Trinajstić information content (AvgIpc) is 2.61. The maximum absolute atomic E-state index is 12.8. The number of carbonyl (C=O) groups is 2. The largest absolute Gasteiger partial charge is 0.340 e. The van der Waals surface area contributed by atoms with Gasteiger partial charge >= 0.3 is 6.03 Å². The lowest BCUT2D eigenvalue weighted by molar-refractivity contribution is -0.133. The summed E-state index contributed by atoms with van der Waals surface area (Å²) in [6.45, 7) is 14.8. The summed E-state index contributed by atoms with van der Waals surface area (Å²) in [7, 11) is 2.11. The van der Waals surface area contributed by atoms with Gasteiger partial charge in [0.05, 0.1) is 0 Å². The molecule has 1 fully saturated rings. The molecule has 2 N–H and O–H groups in total. The van der Waals surface area contributed by atoms with Gasteiger partial charge in [-0.25, -0.2) is 4.79 Å². The van der Waals surface area contributed by atoms with Gasteiger partial charge in [-0.15, -0.1) is 0 Å². The van der Waals surface area contributed by atoms with Gasteiger partial charge in [0, 0.05) is 45.2 Å². The van der Waals surface area contributed by atoms with Gasteiger partial charge in [0.2, 0.25) is 5.91 Å². The van der Waals surface area contributed by atoms with Gasteiger partial charge in [-0.05, 0) is 57.9 Å². The fourth-order valence-electron chi connectivity index (χ4n) is 4.43. The molecule has 0 spiro atoms. The lowest BCUT2D eigenvalue weighted by Gasteiger charge is -2.38. The number of nitrogens with zero attached hydrogens (tertiary/aromatic N) is 2. The Morgan fingerprint density at radius 1 is 1.14 bits per heavy atom. The molecule has 0 radical (unpaired) electrons. The first-order valence-electron chi connectivity index (χ1n) is 10.9. The van der Waals surface area contributed by atoms with E-state index in [4.69, 9.17) is 0 Å². The molecule has 6 heteroatoms. The second kappa shape index (κ2) is 10.3. The summed E-state index contributed by atoms with van der Waals surface area (Å²) in [4.78, 5) is 29.1. The summed E-state index contributed by atoms with van der Waals surface area (Å²) in [5, 5.41) is 5.91. The van der Waals surface area contributed by atoms with Gasteiger partial charge in [0.25, 0.3) is 0 Å². The maximum atomic E-state index is 12.8. The Hall–Kier alpha value is -1.56. The lowest BCUT2D eigenvalue weighted by Crippen LogP contribution is -2.48. The molecule has 1 aliphatic carbocycles. The summed E-state index contributed by atoms with van der Waals surface area (Å²) in [5.41, 5.74) is 1.30. The number of amides is 3. The number of hydrogen-bond donors (Lipinski definition) is 2. The number of piperazine rings is 1. The molecule has 0 unspecified atom stereocenters. The van der Waals surface area contributed by atoms with Crippen molar-refractivity contribution in [3.63, 3.8) is 0 Å². The number of urea groups is 1. The van der Waals surface area contributed by atoms with Crippen LogP contribution in [0.2, 0.25) is 0 Å². The first kappa shape index (κ1) is 22.7. The molecule has 28 heavy (non-hydrogen) atoms. The zero-order valence-corrected chi connectivity index (χ0v) is 18.6. The van der Waals surface area contributed by atoms with Crippen molar-refractivity contribution in [1.29, 1.82) is 0 Å². The highest BCUT2D eigenvalue weighted by Crippen LogP contribution is 2.39. The van der Waals surface area contributed by atoms with Crippen molar-refractivity contribution in [2.75, 3.05) is 39.8 Å². The van der Waals surface area contributed by atoms with Crippen LogP contribution >= 0.6 is 0 Å². The highest BCUT2D eigenvalue weighted by atomic mass is 16.2. The predicted octanol–water partition coefficient (Wildman–Crippen LogP) is 2.71. The zero-order chi connectivity index (χ0) is 20.8. The van der Waals surface area contributed by atoms with Gasteiger partial charge in [-0.1, -0.05) is 25.5 Å². The number of allylic oxidation sites excluding steroid dienone is 1. The molecule has 3 amide bonds. The molecule has 1 heterocycles. The van der Waals surface area contributed by atoms with E-state index in [-0.39, 0.29) is 12.1 Å². The fraction of sp³-hybridized carbons (Fsp3) is 0.818. The Bertz CT molecular complexity index is 565. The smallest absolute Gasteiger partial charge is 0.315 e. The molecular weight excluding hydrogens is 352 g/mol. The number of rotatable bonds is 6. The Morgan fingerprint density at radius 3 is 2.36 bits per heavy atom. The Labute approximate surface area is 171 Å². The van der Waals surface area contributed by atoms with Crippen molar-refractivity contribution in [1.82, 2.24) is 20.4 Å². The van der Waals surface area contributed by atoms with Gasteiger partial charge in [0.1, 0.15) is 0 Å². The molecule has 6 nitrogen and oxygen atoms in total. The SMILES string of the molecule is CC1=C[C@@H](CNC(=O)NC(C)C)[C@H](C(C)C)C[C@H]1CC(=O)N1CCN(C)CC1. The van der Waals surface area contributed by atoms with Crippen LogP contribution in [0, 0.1) is 23.7 Å². The number of nitrogens with one attached hydrogen (secondary N) is 2. The fourth-order valence-corrected chi connectivity index (χ4v) is 4.43. The average molecular weight is 393 g/mol. The molecule has 1 saturated heterocycles. The van der Waals surface area contributed by atoms with E-state index in [1.54, 1.807) is 0 Å². The van der Waals surface area contributed by atoms with Crippen LogP contribution in [0.3, 0.4) is 0 Å². The van der Waals surface area contributed by atoms with Crippen molar-refractivity contribution < 1.29 is 9.59 Å². The molecule has 2 aliphatic rings. The first-order chi connectivity index (χ1) is 13.2. The third-order valence-electron chi connectivity index (χ3n) is 6.28. The van der Waals surface area contributed by atoms with Crippen LogP contribution in [0.5, 0.6) is 0 Å². The van der Waals surface area contributed by atoms with E-state index in [0.29, 0.717) is 42.5 Å². The molecule has 160 valence electrons. The quantitative estimate of drug-likeness (QED) is 0.683. The zero-order valence-electron chi connectivity index (χ0n) is 18.6. The Balaban J connectivity index is 1.96. The monoisotopic (exact) mass is 392 g/mol. The van der Waals surface area contributed by atoms with Gasteiger partial charge in [-0.3, -0.25) is 4.79 Å². The minimum absolute atomic E-state index is 0.101. The van der Waals surface area contributed by atoms with Crippen molar-refractivity contribution in [3.05, 3.63) is 11.6 Å². The van der Waals surface area contributed by atoms with Crippen molar-refractivity contribution in [2.24, 2.45) is 23.7 Å². The van der Waals surface area contributed by atoms with E-state index in [0.717, 1.165) is 32.6 Å². The highest BCUT2D eigenvalue weighted by Gasteiger charge is 2.33. The van der Waals surface area contributed by atoms with Crippen LogP contribution in [0.25, 0.3) is 0 Å². The third-order valence-corrected chi connectivity index (χ3v) is 6.28. The van der Waals surface area contributed by atoms with Crippen LogP contribution in [0.4, 0.5) is 4.79 Å². The van der Waals surface area contributed by atoms with Crippen LogP contribution < -0.4 is 10.6 Å². The maximum Gasteiger partial charge on any atom is 0.315 e.